The summed E-state index contributed by atoms with van der Waals surface area (Å²) in [7, 11) is 0. The molecule has 0 bridgehead atoms. The molecular weight excluding hydrogens is 304 g/mol. The Balaban J connectivity index is 1.71. The lowest BCUT2D eigenvalue weighted by Crippen LogP contribution is -2.46. The molecule has 1 aromatic carbocycles. The fourth-order valence-electron chi connectivity index (χ4n) is 2.34. The van der Waals surface area contributed by atoms with Gasteiger partial charge in [0.05, 0.1) is 0 Å². The maximum atomic E-state index is 5.92. The number of hydrogen-bond donors (Lipinski definition) is 2. The molecule has 0 spiro atoms. The molecule has 4 nitrogen and oxygen atoms in total. The van der Waals surface area contributed by atoms with E-state index in [9.17, 15) is 0 Å². The molecular formula is C14H17BrN4. The van der Waals surface area contributed by atoms with Crippen LogP contribution < -0.4 is 5.73 Å². The number of halogens is 1. The number of nitrogens with zero attached hydrogens (tertiary/aromatic N) is 2. The molecule has 1 saturated heterocycles. The van der Waals surface area contributed by atoms with Crippen molar-refractivity contribution in [2.24, 2.45) is 10.7 Å². The van der Waals surface area contributed by atoms with Crippen LogP contribution in [0.4, 0.5) is 0 Å². The molecule has 1 aromatic heterocycles. The third-order valence-electron chi connectivity index (χ3n) is 3.57. The third-order valence-corrected chi connectivity index (χ3v) is 4.23. The second-order valence-electron chi connectivity index (χ2n) is 4.81. The van der Waals surface area contributed by atoms with Crippen LogP contribution in [0.2, 0.25) is 0 Å². The highest BCUT2D eigenvalue weighted by Gasteiger charge is 2.15. The molecule has 0 radical (unpaired) electrons. The van der Waals surface area contributed by atoms with Gasteiger partial charge in [0.2, 0.25) is 0 Å². The van der Waals surface area contributed by atoms with Crippen molar-refractivity contribution in [3.8, 4) is 0 Å². The van der Waals surface area contributed by atoms with Crippen LogP contribution in [0.15, 0.2) is 33.9 Å². The fraction of sp³-hybridized carbons (Fsp3) is 0.357. The van der Waals surface area contributed by atoms with E-state index in [1.807, 2.05) is 6.07 Å². The Bertz CT molecular complexity index is 613. The summed E-state index contributed by atoms with van der Waals surface area (Å²) in [4.78, 5) is 9.86. The minimum absolute atomic E-state index is 0.685. The second-order valence-corrected chi connectivity index (χ2v) is 5.66. The Kier molecular flexibility index (Phi) is 3.46. The average molecular weight is 321 g/mol. The minimum atomic E-state index is 0.685. The predicted molar refractivity (Wildman–Crippen MR) is 82.4 cm³/mol. The van der Waals surface area contributed by atoms with Gasteiger partial charge in [-0.15, -0.1) is 0 Å². The molecule has 1 aliphatic heterocycles. The highest BCUT2D eigenvalue weighted by molar-refractivity contribution is 9.10. The van der Waals surface area contributed by atoms with Crippen molar-refractivity contribution in [3.05, 3.63) is 34.4 Å². The molecule has 0 unspecified atom stereocenters. The zero-order chi connectivity index (χ0) is 13.2. The number of H-pyrrole nitrogens is 1. The Labute approximate surface area is 120 Å². The monoisotopic (exact) mass is 320 g/mol. The molecule has 3 rings (SSSR count). The van der Waals surface area contributed by atoms with Gasteiger partial charge in [0.1, 0.15) is 0 Å². The Morgan fingerprint density at radius 1 is 1.42 bits per heavy atom. The van der Waals surface area contributed by atoms with Gasteiger partial charge >= 0.3 is 0 Å². The Morgan fingerprint density at radius 3 is 3.00 bits per heavy atom. The van der Waals surface area contributed by atoms with Crippen molar-refractivity contribution >= 4 is 32.8 Å². The quantitative estimate of drug-likeness (QED) is 0.674. The van der Waals surface area contributed by atoms with Gasteiger partial charge in [-0.2, -0.15) is 0 Å². The number of rotatable bonds is 3. The number of fused-ring (bicyclic) bond motifs is 1. The highest BCUT2D eigenvalue weighted by atomic mass is 79.9. The summed E-state index contributed by atoms with van der Waals surface area (Å²) in [5.74, 6) is 0.685. The third kappa shape index (κ3) is 2.47. The van der Waals surface area contributed by atoms with Gasteiger partial charge in [0.25, 0.3) is 0 Å². The number of likely N-dealkylation sites (tertiary alicyclic amines) is 1. The number of guanidine groups is 1. The van der Waals surface area contributed by atoms with E-state index < -0.39 is 0 Å². The van der Waals surface area contributed by atoms with Crippen LogP contribution in [0.25, 0.3) is 10.9 Å². The number of nitrogens with one attached hydrogen (secondary N) is 1. The van der Waals surface area contributed by atoms with Crippen molar-refractivity contribution in [1.29, 1.82) is 0 Å². The molecule has 19 heavy (non-hydrogen) atoms. The normalized spacial score (nSPS) is 15.8. The van der Waals surface area contributed by atoms with Crippen molar-refractivity contribution in [2.45, 2.75) is 12.8 Å². The predicted octanol–water partition coefficient (Wildman–Crippen LogP) is 2.49. The first-order chi connectivity index (χ1) is 9.25. The number of aliphatic imine (C=N–C) groups is 1. The van der Waals surface area contributed by atoms with Crippen LogP contribution in [-0.2, 0) is 6.42 Å². The van der Waals surface area contributed by atoms with Crippen LogP contribution in [0, 0.1) is 0 Å². The standard InChI is InChI=1S/C14H17BrN4/c15-11-3-1-4-12-13(11)10(9-18-12)5-6-17-14(16)19-7-2-8-19/h1,3-4,9,18H,2,5-8H2,(H2,16,17). The molecule has 1 fully saturated rings. The topological polar surface area (TPSA) is 57.4 Å². The van der Waals surface area contributed by atoms with Crippen molar-refractivity contribution < 1.29 is 0 Å². The van der Waals surface area contributed by atoms with E-state index in [4.69, 9.17) is 5.73 Å². The maximum absolute atomic E-state index is 5.92. The summed E-state index contributed by atoms with van der Waals surface area (Å²) < 4.78 is 1.13. The van der Waals surface area contributed by atoms with Crippen molar-refractivity contribution in [2.75, 3.05) is 19.6 Å². The molecule has 2 aromatic rings. The van der Waals surface area contributed by atoms with Crippen molar-refractivity contribution in [3.63, 3.8) is 0 Å². The number of nitrogens with two attached hydrogens (primary N) is 1. The van der Waals surface area contributed by atoms with Crippen LogP contribution in [0.5, 0.6) is 0 Å². The first kappa shape index (κ1) is 12.5. The number of aromatic amines is 1. The molecule has 5 heteroatoms. The average Bonchev–Trinajstić information content (AvgIpc) is 2.72. The summed E-state index contributed by atoms with van der Waals surface area (Å²) in [6.07, 6.45) is 4.19. The number of benzene rings is 1. The van der Waals surface area contributed by atoms with E-state index in [1.165, 1.54) is 17.4 Å². The molecule has 100 valence electrons. The van der Waals surface area contributed by atoms with Crippen LogP contribution in [0.3, 0.4) is 0 Å². The van der Waals surface area contributed by atoms with Gasteiger partial charge in [0.15, 0.2) is 5.96 Å². The maximum Gasteiger partial charge on any atom is 0.191 e. The van der Waals surface area contributed by atoms with Crippen LogP contribution in [-0.4, -0.2) is 35.5 Å². The zero-order valence-electron chi connectivity index (χ0n) is 10.7. The molecule has 0 saturated carbocycles. The largest absolute Gasteiger partial charge is 0.370 e. The van der Waals surface area contributed by atoms with Gasteiger partial charge in [-0.25, -0.2) is 0 Å². The summed E-state index contributed by atoms with van der Waals surface area (Å²) >= 11 is 3.60. The van der Waals surface area contributed by atoms with E-state index in [0.29, 0.717) is 5.96 Å². The van der Waals surface area contributed by atoms with E-state index >= 15 is 0 Å². The van der Waals surface area contributed by atoms with Crippen LogP contribution in [0.1, 0.15) is 12.0 Å². The summed E-state index contributed by atoms with van der Waals surface area (Å²) in [6, 6.07) is 6.19. The molecule has 2 heterocycles. The summed E-state index contributed by atoms with van der Waals surface area (Å²) in [5, 5.41) is 1.25. The van der Waals surface area contributed by atoms with E-state index in [1.54, 1.807) is 0 Å². The van der Waals surface area contributed by atoms with Crippen LogP contribution >= 0.6 is 15.9 Å². The van der Waals surface area contributed by atoms with Crippen molar-refractivity contribution in [1.82, 2.24) is 9.88 Å². The van der Waals surface area contributed by atoms with Gasteiger partial charge < -0.3 is 15.6 Å². The molecule has 1 aliphatic rings. The van der Waals surface area contributed by atoms with Gasteiger partial charge in [-0.3, -0.25) is 4.99 Å². The lowest BCUT2D eigenvalue weighted by Gasteiger charge is -2.31. The van der Waals surface area contributed by atoms with Gasteiger partial charge in [-0.1, -0.05) is 22.0 Å². The molecule has 0 atom stereocenters. The number of hydrogen-bond acceptors (Lipinski definition) is 1. The smallest absolute Gasteiger partial charge is 0.191 e. The molecule has 0 amide bonds. The van der Waals surface area contributed by atoms with Gasteiger partial charge in [0, 0.05) is 41.2 Å². The minimum Gasteiger partial charge on any atom is -0.370 e. The lowest BCUT2D eigenvalue weighted by molar-refractivity contribution is 0.296. The van der Waals surface area contributed by atoms with E-state index in [2.05, 4.69) is 49.1 Å². The molecule has 3 N–H and O–H groups in total. The first-order valence-electron chi connectivity index (χ1n) is 6.55. The summed E-state index contributed by atoms with van der Waals surface area (Å²) in [6.45, 7) is 2.83. The SMILES string of the molecule is NC(=NCCc1c[nH]c2cccc(Br)c12)N1CCC1. The van der Waals surface area contributed by atoms with E-state index in [-0.39, 0.29) is 0 Å². The van der Waals surface area contributed by atoms with Gasteiger partial charge in [-0.05, 0) is 30.5 Å². The summed E-state index contributed by atoms with van der Waals surface area (Å²) in [5.41, 5.74) is 8.36. The number of aromatic nitrogens is 1. The Morgan fingerprint density at radius 2 is 2.26 bits per heavy atom. The van der Waals surface area contributed by atoms with E-state index in [0.717, 1.165) is 36.0 Å². The highest BCUT2D eigenvalue weighted by Crippen LogP contribution is 2.27. The molecule has 0 aliphatic carbocycles. The zero-order valence-corrected chi connectivity index (χ0v) is 12.3. The second kappa shape index (κ2) is 5.25. The lowest BCUT2D eigenvalue weighted by atomic mass is 10.1. The first-order valence-corrected chi connectivity index (χ1v) is 7.34. The fourth-order valence-corrected chi connectivity index (χ4v) is 2.96. The Hall–Kier alpha value is -1.49.